The molecule has 0 saturated carbocycles. The average Bonchev–Trinajstić information content (AvgIpc) is 1.14. The zero-order valence-corrected chi connectivity index (χ0v) is 67.1. The third-order valence-corrected chi connectivity index (χ3v) is 25.7. The molecular weight excluding hydrogens is 1550 g/mol. The van der Waals surface area contributed by atoms with Crippen LogP contribution in [0.2, 0.25) is 10.0 Å². The molecule has 0 bridgehead atoms. The summed E-state index contributed by atoms with van der Waals surface area (Å²) in [6, 6.07) is 16.2. The molecule has 0 unspecified atom stereocenters. The van der Waals surface area contributed by atoms with Crippen LogP contribution in [-0.4, -0.2) is 195 Å². The minimum Gasteiger partial charge on any atom is -0.379 e. The number of hydrogen-bond acceptors (Lipinski definition) is 18. The summed E-state index contributed by atoms with van der Waals surface area (Å²) in [5.74, 6) is -0.416. The predicted molar refractivity (Wildman–Crippen MR) is 434 cm³/mol. The summed E-state index contributed by atoms with van der Waals surface area (Å²) in [6.45, 7) is 27.9. The third kappa shape index (κ3) is 15.5. The monoisotopic (exact) mass is 1630 g/mol. The molecule has 3 saturated heterocycles. The lowest BCUT2D eigenvalue weighted by Gasteiger charge is -2.40. The molecule has 21 nitrogen and oxygen atoms in total. The van der Waals surface area contributed by atoms with Gasteiger partial charge < -0.3 is 43.6 Å². The molecule has 9 aromatic rings. The number of hydrogen-bond donors (Lipinski definition) is 0. The van der Waals surface area contributed by atoms with Crippen LogP contribution < -0.4 is 31.8 Å². The first-order valence-corrected chi connectivity index (χ1v) is 40.1. The third-order valence-electron chi connectivity index (χ3n) is 21.4. The van der Waals surface area contributed by atoms with Gasteiger partial charge in [0.1, 0.15) is 46.5 Å². The molecule has 6 aliphatic rings. The fourth-order valence-electron chi connectivity index (χ4n) is 15.8. The molecule has 0 N–H and O–H groups in total. The van der Waals surface area contributed by atoms with Crippen molar-refractivity contribution in [3.63, 3.8) is 0 Å². The SMILES string of the molecule is C=CC(=O)N1CCN(c2nc(=O)n3c4c(c(-c5cc(Cl)c(F)cc5F)c(C)cc24)SC[C@H](OC)C3)[C@@H](C)C1.C=CC(=O)N1CCN(c2nc(=O)n3c4c(c(-c5cc(Cl)c(F)cc5F)c(C)cc24)SC[C@H](OC)C3)[C@@H](C)C1.C=CC(=O)N1CCN(c2nc(=O)n3c4c(c(-c5ccc(F)cc5)c(C)cc24)SC[C@@H](OC)C3)[C@@H](C)C1. The molecule has 15 rings (SSSR count). The molecule has 3 fully saturated rings. The van der Waals surface area contributed by atoms with Crippen molar-refractivity contribution in [2.75, 3.05) is 112 Å². The average molecular weight is 1630 g/mol. The molecule has 0 aliphatic carbocycles. The summed E-state index contributed by atoms with van der Waals surface area (Å²) in [7, 11) is 4.83. The van der Waals surface area contributed by atoms with Crippen LogP contribution in [0.4, 0.5) is 39.4 Å². The molecular formula is C81H83Cl2F5N12O9S3. The summed E-state index contributed by atoms with van der Waals surface area (Å²) in [5.41, 5.74) is 6.69. The molecule has 9 heterocycles. The number of ether oxygens (including phenoxy) is 3. The van der Waals surface area contributed by atoms with E-state index in [0.717, 1.165) is 66.5 Å². The highest BCUT2D eigenvalue weighted by Crippen LogP contribution is 2.49. The van der Waals surface area contributed by atoms with Crippen molar-refractivity contribution in [3.05, 3.63) is 192 Å². The van der Waals surface area contributed by atoms with Crippen molar-refractivity contribution in [2.24, 2.45) is 0 Å². The number of amides is 3. The van der Waals surface area contributed by atoms with Crippen molar-refractivity contribution >= 4 is 126 Å². The Kier molecular flexibility index (Phi) is 24.3. The van der Waals surface area contributed by atoms with Crippen LogP contribution in [0, 0.1) is 49.9 Å². The maximum atomic E-state index is 15.1. The van der Waals surface area contributed by atoms with Gasteiger partial charge in [0.15, 0.2) is 0 Å². The van der Waals surface area contributed by atoms with Crippen LogP contribution in [0.1, 0.15) is 37.5 Å². The zero-order valence-electron chi connectivity index (χ0n) is 63.2. The van der Waals surface area contributed by atoms with Gasteiger partial charge in [-0.3, -0.25) is 28.1 Å². The number of halogens is 7. The lowest BCUT2D eigenvalue weighted by molar-refractivity contribution is -0.127. The van der Waals surface area contributed by atoms with E-state index in [1.807, 2.05) is 63.5 Å². The lowest BCUT2D eigenvalue weighted by Crippen LogP contribution is -2.54. The van der Waals surface area contributed by atoms with E-state index >= 15 is 8.78 Å². The standard InChI is InChI=1S/2C27H27ClF2N4O3S.C27H29FN4O3S/c2*1-5-22(35)32-6-7-33(15(3)11-32)26-18-8-14(2)23(17-9-19(28)21(30)10-20(17)29)25-24(18)34(27(36)31-26)12-16(37-4)13-38-25;1-5-22(33)30-10-11-31(17(3)13-30)26-21-12-16(2)23(18-6-8-19(28)9-7-18)25-24(21)32(27(34)29-26)14-20(35-4)15-36-25/h2*5,8-10,15-16H,1,6-7,11-13H2,2-4H3;5-9,12,17,20H,1,10-11,13-15H2,2-4H3/t2*15-,16+;17-,20-/m000/s1. The van der Waals surface area contributed by atoms with Gasteiger partial charge in [0.25, 0.3) is 0 Å². The fraction of sp³-hybridized carbons (Fsp3) is 0.370. The smallest absolute Gasteiger partial charge is 0.350 e. The Labute approximate surface area is 666 Å². The Balaban J connectivity index is 0.000000147. The second kappa shape index (κ2) is 33.5. The second-order valence-electron chi connectivity index (χ2n) is 28.5. The minimum absolute atomic E-state index is 0.0290. The van der Waals surface area contributed by atoms with Crippen LogP contribution in [0.3, 0.4) is 0 Å². The molecule has 3 aromatic heterocycles. The van der Waals surface area contributed by atoms with Gasteiger partial charge in [-0.05, 0) is 124 Å². The van der Waals surface area contributed by atoms with Gasteiger partial charge in [0, 0.05) is 186 Å². The molecule has 112 heavy (non-hydrogen) atoms. The van der Waals surface area contributed by atoms with E-state index in [4.69, 9.17) is 37.4 Å². The fourth-order valence-corrected chi connectivity index (χ4v) is 20.2. The Morgan fingerprint density at radius 1 is 0.446 bits per heavy atom. The number of piperazine rings is 3. The van der Waals surface area contributed by atoms with Gasteiger partial charge in [-0.1, -0.05) is 55.1 Å². The number of nitrogens with zero attached hydrogens (tertiary/aromatic N) is 12. The Bertz CT molecular complexity index is 5300. The Morgan fingerprint density at radius 2 is 0.750 bits per heavy atom. The number of aromatic nitrogens is 6. The van der Waals surface area contributed by atoms with Gasteiger partial charge in [-0.2, -0.15) is 15.0 Å². The molecule has 6 aromatic carbocycles. The van der Waals surface area contributed by atoms with Crippen molar-refractivity contribution in [1.82, 2.24) is 43.4 Å². The summed E-state index contributed by atoms with van der Waals surface area (Å²) in [4.78, 5) is 104. The summed E-state index contributed by atoms with van der Waals surface area (Å²) in [5, 5.41) is 2.01. The van der Waals surface area contributed by atoms with Gasteiger partial charge in [-0.25, -0.2) is 36.3 Å². The van der Waals surface area contributed by atoms with E-state index < -0.39 is 34.6 Å². The number of anilines is 3. The van der Waals surface area contributed by atoms with Gasteiger partial charge >= 0.3 is 17.1 Å². The minimum atomic E-state index is -0.837. The van der Waals surface area contributed by atoms with Crippen LogP contribution in [0.25, 0.3) is 66.1 Å². The van der Waals surface area contributed by atoms with Crippen LogP contribution in [0.15, 0.2) is 134 Å². The highest BCUT2D eigenvalue weighted by Gasteiger charge is 2.37. The summed E-state index contributed by atoms with van der Waals surface area (Å²) in [6.07, 6.45) is 3.24. The Morgan fingerprint density at radius 3 is 1.04 bits per heavy atom. The zero-order chi connectivity index (χ0) is 80.2. The maximum absolute atomic E-state index is 15.1. The van der Waals surface area contributed by atoms with Crippen molar-refractivity contribution in [1.29, 1.82) is 0 Å². The number of rotatable bonds is 12. The number of benzene rings is 6. The first-order chi connectivity index (χ1) is 53.6. The normalized spacial score (nSPS) is 19.6. The van der Waals surface area contributed by atoms with E-state index in [-0.39, 0.29) is 99.9 Å². The number of methoxy groups -OCH3 is 3. The first kappa shape index (κ1) is 81.0. The topological polar surface area (TPSA) is 203 Å². The van der Waals surface area contributed by atoms with Gasteiger partial charge in [-0.15, -0.1) is 35.3 Å². The Hall–Kier alpha value is -9.07. The molecule has 3 amide bonds. The number of aryl methyl sites for hydroxylation is 3. The van der Waals surface area contributed by atoms with Crippen LogP contribution >= 0.6 is 58.5 Å². The van der Waals surface area contributed by atoms with E-state index in [1.165, 1.54) is 66.0 Å². The molecule has 588 valence electrons. The number of thioether (sulfide) groups is 3. The van der Waals surface area contributed by atoms with E-state index in [2.05, 4.69) is 45.7 Å². The van der Waals surface area contributed by atoms with Crippen molar-refractivity contribution < 1.29 is 50.5 Å². The quantitative estimate of drug-likeness (QED) is 0.0634. The maximum Gasteiger partial charge on any atom is 0.350 e. The number of carbonyl (C=O) groups excluding carboxylic acids is 3. The van der Waals surface area contributed by atoms with E-state index in [9.17, 15) is 41.9 Å². The summed E-state index contributed by atoms with van der Waals surface area (Å²) >= 11 is 16.7. The highest BCUT2D eigenvalue weighted by atomic mass is 35.5. The largest absolute Gasteiger partial charge is 0.379 e. The lowest BCUT2D eigenvalue weighted by atomic mass is 9.97. The van der Waals surface area contributed by atoms with E-state index in [1.54, 1.807) is 73.6 Å². The van der Waals surface area contributed by atoms with Gasteiger partial charge in [0.05, 0.1) is 64.5 Å². The van der Waals surface area contributed by atoms with Gasteiger partial charge in [0.2, 0.25) is 17.7 Å². The highest BCUT2D eigenvalue weighted by molar-refractivity contribution is 8.00. The molecule has 0 radical (unpaired) electrons. The van der Waals surface area contributed by atoms with E-state index in [0.29, 0.717) is 132 Å². The molecule has 31 heteroatoms. The number of carbonyl (C=O) groups is 3. The van der Waals surface area contributed by atoms with Crippen molar-refractivity contribution in [2.45, 2.75) is 112 Å². The summed E-state index contributed by atoms with van der Waals surface area (Å²) < 4.78 is 93.8. The first-order valence-electron chi connectivity index (χ1n) is 36.4. The van der Waals surface area contributed by atoms with Crippen LogP contribution in [-0.2, 0) is 48.2 Å². The molecule has 0 spiro atoms. The second-order valence-corrected chi connectivity index (χ2v) is 32.4. The molecule has 6 atom stereocenters. The predicted octanol–water partition coefficient (Wildman–Crippen LogP) is 13.1. The van der Waals surface area contributed by atoms with Crippen molar-refractivity contribution in [3.8, 4) is 33.4 Å². The van der Waals surface area contributed by atoms with Crippen LogP contribution in [0.5, 0.6) is 0 Å². The molecule has 6 aliphatic heterocycles.